The van der Waals surface area contributed by atoms with Crippen molar-refractivity contribution in [2.45, 2.75) is 44.6 Å². The zero-order valence-electron chi connectivity index (χ0n) is 24.4. The van der Waals surface area contributed by atoms with Crippen molar-refractivity contribution in [2.24, 2.45) is 0 Å². The summed E-state index contributed by atoms with van der Waals surface area (Å²) in [5, 5.41) is 10.2. The third-order valence-corrected chi connectivity index (χ3v) is 9.55. The number of ether oxygens (including phenoxy) is 2. The first kappa shape index (κ1) is 29.7. The van der Waals surface area contributed by atoms with Gasteiger partial charge in [-0.25, -0.2) is 4.68 Å². The van der Waals surface area contributed by atoms with Crippen molar-refractivity contribution in [1.82, 2.24) is 15.0 Å². The Kier molecular flexibility index (Phi) is 8.44. The standard InChI is InChI=1S/C36H29ClIN3O4/c1-22-11-13-25(14-12-22)34-35(33(42)28-9-5-6-10-30(28)45-34)43-21-29-36(38)41(40-39-29)27-19-31(23-7-3-2-4-8-23)44-32(20-27)24-15-17-26(37)18-16-24/h2-18,27,31-32H,19-21H2,1H3. The average Bonchev–Trinajstić information content (AvgIpc) is 3.45. The molecule has 0 spiro atoms. The molecule has 1 aliphatic heterocycles. The summed E-state index contributed by atoms with van der Waals surface area (Å²) in [4.78, 5) is 13.7. The zero-order chi connectivity index (χ0) is 30.9. The third kappa shape index (κ3) is 6.14. The van der Waals surface area contributed by atoms with E-state index in [9.17, 15) is 4.79 Å². The second-order valence-electron chi connectivity index (χ2n) is 11.2. The average molecular weight is 730 g/mol. The van der Waals surface area contributed by atoms with Crippen molar-refractivity contribution < 1.29 is 13.9 Å². The normalized spacial score (nSPS) is 18.2. The van der Waals surface area contributed by atoms with Gasteiger partial charge in [0.15, 0.2) is 5.76 Å². The van der Waals surface area contributed by atoms with E-state index < -0.39 is 0 Å². The van der Waals surface area contributed by atoms with Gasteiger partial charge in [-0.3, -0.25) is 4.79 Å². The first-order valence-electron chi connectivity index (χ1n) is 14.8. The summed E-state index contributed by atoms with van der Waals surface area (Å²) in [6.07, 6.45) is 1.19. The first-order chi connectivity index (χ1) is 21.9. The van der Waals surface area contributed by atoms with Crippen LogP contribution in [0.15, 0.2) is 112 Å². The van der Waals surface area contributed by atoms with Gasteiger partial charge < -0.3 is 13.9 Å². The highest BCUT2D eigenvalue weighted by Gasteiger charge is 2.34. The van der Waals surface area contributed by atoms with Crippen LogP contribution in [0.3, 0.4) is 0 Å². The van der Waals surface area contributed by atoms with Crippen LogP contribution < -0.4 is 10.2 Å². The molecule has 0 amide bonds. The van der Waals surface area contributed by atoms with Crippen LogP contribution in [0.4, 0.5) is 0 Å². The quantitative estimate of drug-likeness (QED) is 0.153. The fourth-order valence-corrected chi connectivity index (χ4v) is 6.68. The summed E-state index contributed by atoms with van der Waals surface area (Å²) >= 11 is 8.46. The Bertz CT molecular complexity index is 2010. The number of nitrogens with zero attached hydrogens (tertiary/aromatic N) is 3. The van der Waals surface area contributed by atoms with Gasteiger partial charge in [-0.2, -0.15) is 0 Å². The smallest absolute Gasteiger partial charge is 0.235 e. The molecule has 2 aromatic heterocycles. The molecule has 0 aliphatic carbocycles. The Morgan fingerprint density at radius 3 is 2.29 bits per heavy atom. The van der Waals surface area contributed by atoms with Crippen LogP contribution >= 0.6 is 34.2 Å². The maximum Gasteiger partial charge on any atom is 0.235 e. The van der Waals surface area contributed by atoms with Crippen molar-refractivity contribution in [3.8, 4) is 17.1 Å². The monoisotopic (exact) mass is 729 g/mol. The summed E-state index contributed by atoms with van der Waals surface area (Å²) < 4.78 is 21.9. The number of hydrogen-bond donors (Lipinski definition) is 0. The Hall–Kier alpha value is -3.99. The minimum atomic E-state index is -0.226. The van der Waals surface area contributed by atoms with Gasteiger partial charge in [0.05, 0.1) is 23.6 Å². The molecule has 45 heavy (non-hydrogen) atoms. The summed E-state index contributed by atoms with van der Waals surface area (Å²) in [5.74, 6) is 0.544. The lowest BCUT2D eigenvalue weighted by Crippen LogP contribution is -2.27. The molecule has 1 aliphatic rings. The van der Waals surface area contributed by atoms with Crippen molar-refractivity contribution >= 4 is 45.2 Å². The van der Waals surface area contributed by atoms with E-state index in [1.165, 1.54) is 0 Å². The molecule has 3 heterocycles. The number of benzene rings is 4. The van der Waals surface area contributed by atoms with Gasteiger partial charge in [0, 0.05) is 23.4 Å². The summed E-state index contributed by atoms with van der Waals surface area (Å²) in [6.45, 7) is 2.08. The fourth-order valence-electron chi connectivity index (χ4n) is 5.80. The molecule has 3 unspecified atom stereocenters. The van der Waals surface area contributed by atoms with Crippen LogP contribution in [0.25, 0.3) is 22.3 Å². The molecule has 0 bridgehead atoms. The summed E-state index contributed by atoms with van der Waals surface area (Å²) in [5.41, 5.74) is 4.98. The number of fused-ring (bicyclic) bond motifs is 1. The van der Waals surface area contributed by atoms with Gasteiger partial charge in [-0.05, 0) is 64.9 Å². The molecule has 9 heteroatoms. The molecule has 4 aromatic carbocycles. The lowest BCUT2D eigenvalue weighted by atomic mass is 9.91. The van der Waals surface area contributed by atoms with Crippen LogP contribution in [0, 0.1) is 10.6 Å². The summed E-state index contributed by atoms with van der Waals surface area (Å²) in [6, 6.07) is 33.1. The van der Waals surface area contributed by atoms with Crippen LogP contribution in [0.5, 0.6) is 5.75 Å². The van der Waals surface area contributed by atoms with Gasteiger partial charge in [0.2, 0.25) is 11.2 Å². The van der Waals surface area contributed by atoms with Gasteiger partial charge in [0.1, 0.15) is 21.6 Å². The van der Waals surface area contributed by atoms with E-state index >= 15 is 0 Å². The van der Waals surface area contributed by atoms with Crippen molar-refractivity contribution in [3.05, 3.63) is 144 Å². The maximum absolute atomic E-state index is 13.7. The highest BCUT2D eigenvalue weighted by atomic mass is 127. The molecular formula is C36H29ClIN3O4. The van der Waals surface area contributed by atoms with Crippen LogP contribution in [-0.2, 0) is 11.3 Å². The summed E-state index contributed by atoms with van der Waals surface area (Å²) in [7, 11) is 0. The molecule has 6 aromatic rings. The minimum Gasteiger partial charge on any atom is -0.480 e. The molecular weight excluding hydrogens is 701 g/mol. The molecule has 1 saturated heterocycles. The van der Waals surface area contributed by atoms with Crippen LogP contribution in [-0.4, -0.2) is 15.0 Å². The molecule has 0 saturated carbocycles. The topological polar surface area (TPSA) is 79.4 Å². The van der Waals surface area contributed by atoms with Crippen molar-refractivity contribution in [3.63, 3.8) is 0 Å². The predicted octanol–water partition coefficient (Wildman–Crippen LogP) is 9.03. The SMILES string of the molecule is Cc1ccc(-c2oc3ccccc3c(=O)c2OCc2nnn(C3CC(c4ccccc4)OC(c4ccc(Cl)cc4)C3)c2I)cc1. The Balaban J connectivity index is 1.19. The van der Waals surface area contributed by atoms with E-state index in [-0.39, 0.29) is 36.0 Å². The second kappa shape index (κ2) is 12.8. The molecule has 0 radical (unpaired) electrons. The van der Waals surface area contributed by atoms with E-state index in [0.29, 0.717) is 27.4 Å². The van der Waals surface area contributed by atoms with Crippen LogP contribution in [0.2, 0.25) is 5.02 Å². The van der Waals surface area contributed by atoms with E-state index in [1.54, 1.807) is 12.1 Å². The van der Waals surface area contributed by atoms with E-state index in [1.807, 2.05) is 90.5 Å². The molecule has 0 N–H and O–H groups in total. The van der Waals surface area contributed by atoms with Crippen LogP contribution in [0.1, 0.15) is 53.5 Å². The second-order valence-corrected chi connectivity index (χ2v) is 12.7. The molecule has 226 valence electrons. The lowest BCUT2D eigenvalue weighted by Gasteiger charge is -2.36. The molecule has 1 fully saturated rings. The highest BCUT2D eigenvalue weighted by Crippen LogP contribution is 2.44. The Labute approximate surface area is 278 Å². The van der Waals surface area contributed by atoms with E-state index in [0.717, 1.165) is 38.8 Å². The molecule has 7 rings (SSSR count). The maximum atomic E-state index is 13.7. The van der Waals surface area contributed by atoms with Crippen molar-refractivity contribution in [1.29, 1.82) is 0 Å². The number of aryl methyl sites for hydroxylation is 1. The highest BCUT2D eigenvalue weighted by molar-refractivity contribution is 14.1. The molecule has 7 nitrogen and oxygen atoms in total. The van der Waals surface area contributed by atoms with Gasteiger partial charge in [-0.15, -0.1) is 5.10 Å². The third-order valence-electron chi connectivity index (χ3n) is 8.18. The number of halogens is 2. The van der Waals surface area contributed by atoms with Crippen molar-refractivity contribution in [2.75, 3.05) is 0 Å². The fraction of sp³-hybridized carbons (Fsp3) is 0.194. The van der Waals surface area contributed by atoms with Gasteiger partial charge >= 0.3 is 0 Å². The first-order valence-corrected chi connectivity index (χ1v) is 16.2. The largest absolute Gasteiger partial charge is 0.480 e. The van der Waals surface area contributed by atoms with Gasteiger partial charge in [0.25, 0.3) is 0 Å². The predicted molar refractivity (Wildman–Crippen MR) is 182 cm³/mol. The zero-order valence-corrected chi connectivity index (χ0v) is 27.3. The Morgan fingerprint density at radius 2 is 1.56 bits per heavy atom. The Morgan fingerprint density at radius 1 is 0.889 bits per heavy atom. The number of para-hydroxylation sites is 1. The number of rotatable bonds is 7. The number of aromatic nitrogens is 3. The van der Waals surface area contributed by atoms with E-state index in [2.05, 4.69) is 45.0 Å². The number of hydrogen-bond acceptors (Lipinski definition) is 6. The van der Waals surface area contributed by atoms with E-state index in [4.69, 9.17) is 25.5 Å². The van der Waals surface area contributed by atoms with Gasteiger partial charge in [-0.1, -0.05) is 101 Å². The lowest BCUT2D eigenvalue weighted by molar-refractivity contribution is -0.0745. The minimum absolute atomic E-state index is 0.0200. The molecule has 3 atom stereocenters.